The van der Waals surface area contributed by atoms with Crippen LogP contribution in [0, 0.1) is 11.8 Å². The first-order valence-electron chi connectivity index (χ1n) is 9.85. The van der Waals surface area contributed by atoms with Gasteiger partial charge in [-0.05, 0) is 39.2 Å². The van der Waals surface area contributed by atoms with Crippen molar-refractivity contribution >= 4 is 23.7 Å². The predicted molar refractivity (Wildman–Crippen MR) is 110 cm³/mol. The molecule has 0 spiro atoms. The molecule has 0 saturated carbocycles. The van der Waals surface area contributed by atoms with Crippen LogP contribution in [0.15, 0.2) is 48.6 Å². The number of ketones is 1. The standard InChI is InChI=1S/C23H28O8/c1-11(2)20(25)30-18-17-14(6)22(27)29-15(17)10-13(5)8-9-16(24)23(7,28)19(18)31-21(26)12(3)4/h8-9,13,15,17-19,28H,1,3,6,10H2,2,4-5,7H3/t13-,15+,17-,18-,19+,23?/m0/s1. The summed E-state index contributed by atoms with van der Waals surface area (Å²) in [6.07, 6.45) is -0.865. The summed E-state index contributed by atoms with van der Waals surface area (Å²) < 4.78 is 16.4. The van der Waals surface area contributed by atoms with Crippen LogP contribution >= 0.6 is 0 Å². The van der Waals surface area contributed by atoms with E-state index in [4.69, 9.17) is 14.2 Å². The molecule has 168 valence electrons. The first-order valence-corrected chi connectivity index (χ1v) is 9.85. The molecule has 1 aliphatic heterocycles. The zero-order chi connectivity index (χ0) is 23.7. The van der Waals surface area contributed by atoms with Crippen LogP contribution in [0.1, 0.15) is 34.1 Å². The number of hydrogen-bond donors (Lipinski definition) is 1. The molecule has 1 heterocycles. The fourth-order valence-electron chi connectivity index (χ4n) is 3.52. The molecule has 1 aliphatic carbocycles. The minimum Gasteiger partial charge on any atom is -0.458 e. The lowest BCUT2D eigenvalue weighted by atomic mass is 9.77. The highest BCUT2D eigenvalue weighted by molar-refractivity contribution is 5.98. The number of ether oxygens (including phenoxy) is 3. The van der Waals surface area contributed by atoms with E-state index in [0.29, 0.717) is 6.42 Å². The van der Waals surface area contributed by atoms with E-state index in [1.165, 1.54) is 19.9 Å². The van der Waals surface area contributed by atoms with Gasteiger partial charge in [0.15, 0.2) is 23.6 Å². The number of fused-ring (bicyclic) bond motifs is 1. The van der Waals surface area contributed by atoms with E-state index in [1.54, 1.807) is 13.0 Å². The number of carbonyl (C=O) groups is 4. The minimum absolute atomic E-state index is 0.00334. The predicted octanol–water partition coefficient (Wildman–Crippen LogP) is 1.98. The Morgan fingerprint density at radius 3 is 2.26 bits per heavy atom. The minimum atomic E-state index is -2.30. The van der Waals surface area contributed by atoms with Crippen LogP contribution < -0.4 is 0 Å². The molecule has 8 nitrogen and oxygen atoms in total. The lowest BCUT2D eigenvalue weighted by Gasteiger charge is -2.39. The zero-order valence-corrected chi connectivity index (χ0v) is 18.2. The molecule has 0 aromatic heterocycles. The van der Waals surface area contributed by atoms with E-state index in [9.17, 15) is 24.3 Å². The Hall–Kier alpha value is -3.00. The summed E-state index contributed by atoms with van der Waals surface area (Å²) in [5.41, 5.74) is -2.27. The average molecular weight is 432 g/mol. The van der Waals surface area contributed by atoms with E-state index in [-0.39, 0.29) is 22.6 Å². The van der Waals surface area contributed by atoms with Crippen molar-refractivity contribution < 1.29 is 38.5 Å². The molecule has 6 atom stereocenters. The Bertz CT molecular complexity index is 878. The lowest BCUT2D eigenvalue weighted by molar-refractivity contribution is -0.193. The van der Waals surface area contributed by atoms with Crippen LogP contribution in [-0.4, -0.2) is 52.7 Å². The van der Waals surface area contributed by atoms with Crippen molar-refractivity contribution in [3.8, 4) is 0 Å². The molecule has 0 aromatic rings. The summed E-state index contributed by atoms with van der Waals surface area (Å²) >= 11 is 0. The van der Waals surface area contributed by atoms with E-state index >= 15 is 0 Å². The number of allylic oxidation sites excluding steroid dienone is 1. The van der Waals surface area contributed by atoms with Gasteiger partial charge in [-0.15, -0.1) is 0 Å². The number of carbonyl (C=O) groups excluding carboxylic acids is 4. The molecule has 0 amide bonds. The number of rotatable bonds is 4. The van der Waals surface area contributed by atoms with E-state index in [1.807, 2.05) is 0 Å². The van der Waals surface area contributed by atoms with E-state index < -0.39 is 53.5 Å². The third kappa shape index (κ3) is 5.02. The molecule has 0 bridgehead atoms. The maximum atomic E-state index is 12.8. The molecular formula is C23H28O8. The Morgan fingerprint density at radius 1 is 1.16 bits per heavy atom. The van der Waals surface area contributed by atoms with Gasteiger partial charge < -0.3 is 19.3 Å². The Morgan fingerprint density at radius 2 is 1.71 bits per heavy atom. The second kappa shape index (κ2) is 9.01. The Balaban J connectivity index is 2.71. The van der Waals surface area contributed by atoms with Gasteiger partial charge in [0.1, 0.15) is 6.10 Å². The summed E-state index contributed by atoms with van der Waals surface area (Å²) in [5.74, 6) is -4.39. The van der Waals surface area contributed by atoms with Gasteiger partial charge in [0.05, 0.1) is 5.92 Å². The monoisotopic (exact) mass is 432 g/mol. The maximum Gasteiger partial charge on any atom is 0.334 e. The lowest BCUT2D eigenvalue weighted by Crippen LogP contribution is -2.58. The van der Waals surface area contributed by atoms with Crippen LogP contribution in [0.2, 0.25) is 0 Å². The van der Waals surface area contributed by atoms with Crippen molar-refractivity contribution in [2.24, 2.45) is 11.8 Å². The van der Waals surface area contributed by atoms with Crippen LogP contribution in [0.4, 0.5) is 0 Å². The topological polar surface area (TPSA) is 116 Å². The van der Waals surface area contributed by atoms with Crippen LogP contribution in [-0.2, 0) is 33.4 Å². The van der Waals surface area contributed by atoms with Crippen molar-refractivity contribution in [2.45, 2.75) is 58.0 Å². The molecule has 0 radical (unpaired) electrons. The van der Waals surface area contributed by atoms with Crippen molar-refractivity contribution in [1.82, 2.24) is 0 Å². The summed E-state index contributed by atoms with van der Waals surface area (Å²) in [4.78, 5) is 50.0. The molecule has 1 fully saturated rings. The van der Waals surface area contributed by atoms with Gasteiger partial charge in [-0.3, -0.25) is 4.79 Å². The van der Waals surface area contributed by atoms with Crippen molar-refractivity contribution in [3.63, 3.8) is 0 Å². The first-order chi connectivity index (χ1) is 14.3. The molecule has 2 rings (SSSR count). The van der Waals surface area contributed by atoms with Crippen molar-refractivity contribution in [1.29, 1.82) is 0 Å². The highest BCUT2D eigenvalue weighted by Crippen LogP contribution is 2.40. The molecule has 31 heavy (non-hydrogen) atoms. The quantitative estimate of drug-likeness (QED) is 0.407. The fraction of sp³-hybridized carbons (Fsp3) is 0.478. The molecule has 0 aromatic carbocycles. The number of esters is 3. The Labute approximate surface area is 181 Å². The van der Waals surface area contributed by atoms with Gasteiger partial charge in [-0.1, -0.05) is 32.7 Å². The molecule has 1 saturated heterocycles. The summed E-state index contributed by atoms with van der Waals surface area (Å²) in [6, 6.07) is 0. The smallest absolute Gasteiger partial charge is 0.334 e. The average Bonchev–Trinajstić information content (AvgIpc) is 2.94. The fourth-order valence-corrected chi connectivity index (χ4v) is 3.52. The molecular weight excluding hydrogens is 404 g/mol. The van der Waals surface area contributed by atoms with Gasteiger partial charge in [0.25, 0.3) is 0 Å². The second-order valence-electron chi connectivity index (χ2n) is 8.34. The molecule has 8 heteroatoms. The van der Waals surface area contributed by atoms with Gasteiger partial charge in [-0.25, -0.2) is 14.4 Å². The Kier molecular flexibility index (Phi) is 7.06. The molecule has 1 unspecified atom stereocenters. The number of aliphatic hydroxyl groups is 1. The summed E-state index contributed by atoms with van der Waals surface area (Å²) in [6.45, 7) is 16.6. The normalized spacial score (nSPS) is 33.2. The van der Waals surface area contributed by atoms with Crippen LogP contribution in [0.3, 0.4) is 0 Å². The zero-order valence-electron chi connectivity index (χ0n) is 18.2. The third-order valence-electron chi connectivity index (χ3n) is 5.38. The highest BCUT2D eigenvalue weighted by atomic mass is 16.6. The summed E-state index contributed by atoms with van der Waals surface area (Å²) in [7, 11) is 0. The van der Waals surface area contributed by atoms with Gasteiger partial charge >= 0.3 is 17.9 Å². The second-order valence-corrected chi connectivity index (χ2v) is 8.34. The summed E-state index contributed by atoms with van der Waals surface area (Å²) in [5, 5.41) is 11.2. The van der Waals surface area contributed by atoms with Gasteiger partial charge in [0.2, 0.25) is 0 Å². The molecule has 1 N–H and O–H groups in total. The number of hydrogen-bond acceptors (Lipinski definition) is 8. The van der Waals surface area contributed by atoms with Crippen LogP contribution in [0.25, 0.3) is 0 Å². The third-order valence-corrected chi connectivity index (χ3v) is 5.38. The van der Waals surface area contributed by atoms with Crippen molar-refractivity contribution in [2.75, 3.05) is 0 Å². The van der Waals surface area contributed by atoms with Crippen molar-refractivity contribution in [3.05, 3.63) is 48.6 Å². The first kappa shape index (κ1) is 24.3. The highest BCUT2D eigenvalue weighted by Gasteiger charge is 2.56. The van der Waals surface area contributed by atoms with Gasteiger partial charge in [0, 0.05) is 16.7 Å². The maximum absolute atomic E-state index is 12.8. The largest absolute Gasteiger partial charge is 0.458 e. The SMILES string of the molecule is C=C(C)C(=O)O[C@H]1[C@H]2C(=C)C(=O)O[C@@H]2C[C@@H](C)C=CC(=O)C(C)(O)[C@@H]1OC(=O)C(=C)C. The van der Waals surface area contributed by atoms with Gasteiger partial charge in [-0.2, -0.15) is 0 Å². The van der Waals surface area contributed by atoms with Crippen LogP contribution in [0.5, 0.6) is 0 Å². The molecule has 2 aliphatic rings. The van der Waals surface area contributed by atoms with E-state index in [2.05, 4.69) is 19.7 Å². The van der Waals surface area contributed by atoms with E-state index in [0.717, 1.165) is 6.92 Å².